The van der Waals surface area contributed by atoms with Crippen molar-refractivity contribution in [2.45, 2.75) is 56.7 Å². The van der Waals surface area contributed by atoms with Crippen molar-refractivity contribution >= 4 is 12.6 Å². The standard InChI is InChI=1S/C32H33N3O4/c1-4-10-24(11-5-1)19-36-22-29-31(37-20-25-12-6-2-7-13-25)32(38-21-26-14-8-3-9-15-26)30(39-29)28-17-16-27-18-33-23-34-35(27)28/h1-16,18,23,28-32H,17,19-22H2/t28?,29-,30+,31-,32+/m1/s1. The van der Waals surface area contributed by atoms with Gasteiger partial charge in [0.25, 0.3) is 0 Å². The second kappa shape index (κ2) is 12.5. The first-order valence-corrected chi connectivity index (χ1v) is 13.5. The predicted molar refractivity (Wildman–Crippen MR) is 150 cm³/mol. The number of aliphatic imine (C=N–C) groups is 1. The average Bonchev–Trinajstić information content (AvgIpc) is 3.57. The molecule has 7 nitrogen and oxygen atoms in total. The first-order chi connectivity index (χ1) is 19.3. The molecule has 200 valence electrons. The van der Waals surface area contributed by atoms with Crippen molar-refractivity contribution in [3.63, 3.8) is 0 Å². The number of hydrogen-bond donors (Lipinski definition) is 0. The van der Waals surface area contributed by atoms with Crippen molar-refractivity contribution in [1.82, 2.24) is 5.01 Å². The fraction of sp³-hybridized carbons (Fsp3) is 0.312. The summed E-state index contributed by atoms with van der Waals surface area (Å²) in [6, 6.07) is 30.6. The topological polar surface area (TPSA) is 64.9 Å². The Morgan fingerprint density at radius 1 is 0.744 bits per heavy atom. The molecule has 3 aromatic rings. The highest BCUT2D eigenvalue weighted by Crippen LogP contribution is 2.37. The van der Waals surface area contributed by atoms with Crippen LogP contribution in [0, 0.1) is 0 Å². The van der Waals surface area contributed by atoms with Gasteiger partial charge in [0.05, 0.1) is 44.4 Å². The molecule has 0 aliphatic carbocycles. The van der Waals surface area contributed by atoms with Crippen molar-refractivity contribution in [3.05, 3.63) is 119 Å². The van der Waals surface area contributed by atoms with E-state index >= 15 is 0 Å². The van der Waals surface area contributed by atoms with Crippen LogP contribution in [-0.4, -0.2) is 54.6 Å². The summed E-state index contributed by atoms with van der Waals surface area (Å²) in [6.07, 6.45) is 5.16. The van der Waals surface area contributed by atoms with E-state index in [9.17, 15) is 0 Å². The Labute approximate surface area is 229 Å². The highest BCUT2D eigenvalue weighted by Gasteiger charge is 2.52. The maximum Gasteiger partial charge on any atom is 0.135 e. The van der Waals surface area contributed by atoms with E-state index < -0.39 is 0 Å². The summed E-state index contributed by atoms with van der Waals surface area (Å²) in [7, 11) is 0. The van der Waals surface area contributed by atoms with E-state index in [-0.39, 0.29) is 30.5 Å². The van der Waals surface area contributed by atoms with Gasteiger partial charge in [-0.25, -0.2) is 4.99 Å². The Bertz CT molecular complexity index is 1280. The molecule has 5 atom stereocenters. The van der Waals surface area contributed by atoms with Crippen LogP contribution >= 0.6 is 0 Å². The number of hydrogen-bond acceptors (Lipinski definition) is 7. The van der Waals surface area contributed by atoms with Crippen LogP contribution in [0.3, 0.4) is 0 Å². The SMILES string of the molecule is C1=NC=NN2C1=CCC2[C@@H]1O[C@H](COCc2ccccc2)[C@@H](OCc2ccccc2)[C@H]1OCc1ccccc1. The molecule has 1 fully saturated rings. The average molecular weight is 524 g/mol. The minimum absolute atomic E-state index is 0.0225. The Kier molecular flexibility index (Phi) is 8.21. The van der Waals surface area contributed by atoms with Crippen LogP contribution in [0.2, 0.25) is 0 Å². The van der Waals surface area contributed by atoms with Crippen LogP contribution in [-0.2, 0) is 38.8 Å². The van der Waals surface area contributed by atoms with Gasteiger partial charge in [0.2, 0.25) is 0 Å². The quantitative estimate of drug-likeness (QED) is 0.349. The number of nitrogens with zero attached hydrogens (tertiary/aromatic N) is 3. The summed E-state index contributed by atoms with van der Waals surface area (Å²) >= 11 is 0. The fourth-order valence-corrected chi connectivity index (χ4v) is 5.35. The second-order valence-corrected chi connectivity index (χ2v) is 9.95. The molecule has 0 bridgehead atoms. The predicted octanol–water partition coefficient (Wildman–Crippen LogP) is 5.13. The lowest BCUT2D eigenvalue weighted by Crippen LogP contribution is -2.46. The van der Waals surface area contributed by atoms with E-state index in [2.05, 4.69) is 52.6 Å². The van der Waals surface area contributed by atoms with Crippen LogP contribution in [0.15, 0.2) is 113 Å². The van der Waals surface area contributed by atoms with Gasteiger partial charge in [-0.15, -0.1) is 0 Å². The number of fused-ring (bicyclic) bond motifs is 1. The van der Waals surface area contributed by atoms with Crippen molar-refractivity contribution in [1.29, 1.82) is 0 Å². The lowest BCUT2D eigenvalue weighted by Gasteiger charge is -2.32. The number of ether oxygens (including phenoxy) is 4. The number of allylic oxidation sites excluding steroid dienone is 1. The van der Waals surface area contributed by atoms with E-state index in [1.54, 1.807) is 6.34 Å². The van der Waals surface area contributed by atoms with Crippen molar-refractivity contribution in [3.8, 4) is 0 Å². The molecule has 0 saturated carbocycles. The first kappa shape index (κ1) is 25.6. The zero-order chi connectivity index (χ0) is 26.3. The molecular weight excluding hydrogens is 490 g/mol. The fourth-order valence-electron chi connectivity index (χ4n) is 5.35. The molecule has 1 unspecified atom stereocenters. The molecule has 0 spiro atoms. The third-order valence-corrected chi connectivity index (χ3v) is 7.29. The van der Waals surface area contributed by atoms with Gasteiger partial charge in [-0.1, -0.05) is 97.1 Å². The van der Waals surface area contributed by atoms with E-state index in [0.29, 0.717) is 26.4 Å². The van der Waals surface area contributed by atoms with Crippen LogP contribution in [0.4, 0.5) is 0 Å². The van der Waals surface area contributed by atoms with Gasteiger partial charge in [-0.3, -0.25) is 5.01 Å². The molecule has 1 saturated heterocycles. The van der Waals surface area contributed by atoms with Crippen molar-refractivity contribution in [2.24, 2.45) is 10.1 Å². The molecule has 0 aromatic heterocycles. The summed E-state index contributed by atoms with van der Waals surface area (Å²) in [6.45, 7) is 1.83. The molecular formula is C32H33N3O4. The summed E-state index contributed by atoms with van der Waals surface area (Å²) in [5.41, 5.74) is 4.32. The third-order valence-electron chi connectivity index (χ3n) is 7.29. The van der Waals surface area contributed by atoms with Crippen LogP contribution in [0.25, 0.3) is 0 Å². The van der Waals surface area contributed by atoms with Crippen LogP contribution < -0.4 is 0 Å². The molecule has 7 heteroatoms. The molecule has 0 amide bonds. The summed E-state index contributed by atoms with van der Waals surface area (Å²) in [5, 5.41) is 6.55. The molecule has 39 heavy (non-hydrogen) atoms. The molecule has 3 heterocycles. The molecule has 3 aromatic carbocycles. The van der Waals surface area contributed by atoms with E-state index in [0.717, 1.165) is 28.8 Å². The lowest BCUT2D eigenvalue weighted by molar-refractivity contribution is -0.0905. The monoisotopic (exact) mass is 523 g/mol. The molecule has 3 aliphatic heterocycles. The maximum atomic E-state index is 6.77. The highest BCUT2D eigenvalue weighted by atomic mass is 16.6. The van der Waals surface area contributed by atoms with Gasteiger partial charge in [0, 0.05) is 0 Å². The highest BCUT2D eigenvalue weighted by molar-refractivity contribution is 5.87. The van der Waals surface area contributed by atoms with E-state index in [1.807, 2.05) is 65.8 Å². The third kappa shape index (κ3) is 6.18. The number of benzene rings is 3. The summed E-state index contributed by atoms with van der Waals surface area (Å²) < 4.78 is 26.2. The van der Waals surface area contributed by atoms with Crippen molar-refractivity contribution < 1.29 is 18.9 Å². The normalized spacial score (nSPS) is 25.6. The lowest BCUT2D eigenvalue weighted by atomic mass is 10.00. The van der Waals surface area contributed by atoms with Gasteiger partial charge in [0.1, 0.15) is 30.8 Å². The smallest absolute Gasteiger partial charge is 0.135 e. The molecule has 6 rings (SSSR count). The van der Waals surface area contributed by atoms with Gasteiger partial charge in [0.15, 0.2) is 0 Å². The van der Waals surface area contributed by atoms with Gasteiger partial charge in [-0.05, 0) is 23.1 Å². The molecule has 0 radical (unpaired) electrons. The number of rotatable bonds is 11. The van der Waals surface area contributed by atoms with Gasteiger partial charge >= 0.3 is 0 Å². The van der Waals surface area contributed by atoms with Crippen LogP contribution in [0.1, 0.15) is 23.1 Å². The Morgan fingerprint density at radius 3 is 1.97 bits per heavy atom. The summed E-state index contributed by atoms with van der Waals surface area (Å²) in [5.74, 6) is 0. The largest absolute Gasteiger partial charge is 0.374 e. The van der Waals surface area contributed by atoms with E-state index in [4.69, 9.17) is 18.9 Å². The zero-order valence-electron chi connectivity index (χ0n) is 21.8. The summed E-state index contributed by atoms with van der Waals surface area (Å²) in [4.78, 5) is 4.19. The van der Waals surface area contributed by atoms with Crippen LogP contribution in [0.5, 0.6) is 0 Å². The number of hydrazone groups is 1. The molecule has 0 N–H and O–H groups in total. The Hall–Kier alpha value is -3.62. The Balaban J connectivity index is 1.23. The second-order valence-electron chi connectivity index (χ2n) is 9.95. The minimum Gasteiger partial charge on any atom is -0.374 e. The zero-order valence-corrected chi connectivity index (χ0v) is 21.8. The Morgan fingerprint density at radius 2 is 1.33 bits per heavy atom. The first-order valence-electron chi connectivity index (χ1n) is 13.5. The minimum atomic E-state index is -0.318. The van der Waals surface area contributed by atoms with E-state index in [1.165, 1.54) is 0 Å². The van der Waals surface area contributed by atoms with Crippen molar-refractivity contribution in [2.75, 3.05) is 6.61 Å². The van der Waals surface area contributed by atoms with Gasteiger partial charge in [-0.2, -0.15) is 5.10 Å². The molecule has 3 aliphatic rings. The maximum absolute atomic E-state index is 6.77. The van der Waals surface area contributed by atoms with Gasteiger partial charge < -0.3 is 18.9 Å².